The average molecular weight is 456 g/mol. The molecule has 2 heterocycles. The molecular weight excluding hydrogens is 434 g/mol. The normalized spacial score (nSPS) is 21.1. The molecule has 0 spiro atoms. The van der Waals surface area contributed by atoms with Crippen LogP contribution >= 0.6 is 0 Å². The summed E-state index contributed by atoms with van der Waals surface area (Å²) < 4.78 is 55.8. The molecule has 1 aliphatic rings. The third-order valence-electron chi connectivity index (χ3n) is 5.01. The maximum Gasteiger partial charge on any atom is 0.251 e. The standard InChI is InChI=1S/C18H21N3O7S2/c1-18(2)16(17(19)23)21(9-10-29(18,24)25)30(26,27)14-5-3-12(4-6-14)28-13-7-8-20-15(22)11-13/h3-8,11,16H,9-10H2,1-2H3,(H2,19,23)(H,20,22). The van der Waals surface area contributed by atoms with Crippen LogP contribution in [0.4, 0.5) is 0 Å². The van der Waals surface area contributed by atoms with Gasteiger partial charge in [-0.3, -0.25) is 9.59 Å². The van der Waals surface area contributed by atoms with Crippen LogP contribution in [0.5, 0.6) is 11.5 Å². The number of amides is 1. The minimum atomic E-state index is -4.22. The predicted molar refractivity (Wildman–Crippen MR) is 108 cm³/mol. The van der Waals surface area contributed by atoms with Crippen molar-refractivity contribution in [2.75, 3.05) is 12.3 Å². The number of nitrogens with zero attached hydrogens (tertiary/aromatic N) is 1. The van der Waals surface area contributed by atoms with Crippen LogP contribution in [0, 0.1) is 0 Å². The second kappa shape index (κ2) is 7.52. The Labute approximate surface area is 173 Å². The molecule has 0 radical (unpaired) electrons. The van der Waals surface area contributed by atoms with E-state index >= 15 is 0 Å². The Hall–Kier alpha value is -2.70. The number of aromatic nitrogens is 1. The van der Waals surface area contributed by atoms with E-state index < -0.39 is 42.3 Å². The lowest BCUT2D eigenvalue weighted by atomic mass is 10.0. The lowest BCUT2D eigenvalue weighted by Gasteiger charge is -2.42. The summed E-state index contributed by atoms with van der Waals surface area (Å²) in [5, 5.41) is 0. The summed E-state index contributed by atoms with van der Waals surface area (Å²) in [5.41, 5.74) is 5.04. The van der Waals surface area contributed by atoms with Gasteiger partial charge >= 0.3 is 0 Å². The summed E-state index contributed by atoms with van der Waals surface area (Å²) in [5.74, 6) is -0.910. The maximum absolute atomic E-state index is 13.2. The zero-order valence-electron chi connectivity index (χ0n) is 16.2. The maximum atomic E-state index is 13.2. The molecule has 1 fully saturated rings. The second-order valence-electron chi connectivity index (χ2n) is 7.31. The zero-order chi connectivity index (χ0) is 22.3. The van der Waals surface area contributed by atoms with Gasteiger partial charge in [0.05, 0.1) is 15.4 Å². The minimum Gasteiger partial charge on any atom is -0.457 e. The van der Waals surface area contributed by atoms with Crippen LogP contribution in [0.3, 0.4) is 0 Å². The summed E-state index contributed by atoms with van der Waals surface area (Å²) in [6.45, 7) is 2.20. The highest BCUT2D eigenvalue weighted by atomic mass is 32.2. The van der Waals surface area contributed by atoms with Gasteiger partial charge in [0.15, 0.2) is 9.84 Å². The van der Waals surface area contributed by atoms with Crippen molar-refractivity contribution >= 4 is 25.8 Å². The quantitative estimate of drug-likeness (QED) is 0.653. The van der Waals surface area contributed by atoms with E-state index in [1.807, 2.05) is 0 Å². The molecular formula is C18H21N3O7S2. The lowest BCUT2D eigenvalue weighted by Crippen LogP contribution is -2.66. The number of benzene rings is 1. The first-order valence-electron chi connectivity index (χ1n) is 8.86. The molecule has 1 unspecified atom stereocenters. The van der Waals surface area contributed by atoms with Gasteiger partial charge in [0, 0.05) is 18.8 Å². The lowest BCUT2D eigenvalue weighted by molar-refractivity contribution is -0.122. The number of rotatable bonds is 5. The van der Waals surface area contributed by atoms with E-state index in [4.69, 9.17) is 10.5 Å². The SMILES string of the molecule is CC1(C)C(C(N)=O)N(S(=O)(=O)c2ccc(Oc3cc[nH]c(=O)c3)cc2)CCS1(=O)=O. The number of aromatic amines is 1. The number of nitrogens with two attached hydrogens (primary N) is 1. The number of hydrogen-bond donors (Lipinski definition) is 2. The van der Waals surface area contributed by atoms with Crippen molar-refractivity contribution in [3.8, 4) is 11.5 Å². The van der Waals surface area contributed by atoms with Gasteiger partial charge in [-0.2, -0.15) is 4.31 Å². The number of carbonyl (C=O) groups excluding carboxylic acids is 1. The molecule has 30 heavy (non-hydrogen) atoms. The van der Waals surface area contributed by atoms with Crippen LogP contribution in [-0.2, 0) is 24.7 Å². The van der Waals surface area contributed by atoms with Crippen LogP contribution in [-0.4, -0.2) is 55.1 Å². The number of H-pyrrole nitrogens is 1. The summed E-state index contributed by atoms with van der Waals surface area (Å²) in [4.78, 5) is 25.7. The number of carbonyl (C=O) groups is 1. The number of sulfonamides is 1. The van der Waals surface area contributed by atoms with Gasteiger partial charge in [0.25, 0.3) is 5.56 Å². The number of ether oxygens (including phenoxy) is 1. The van der Waals surface area contributed by atoms with Crippen LogP contribution < -0.4 is 16.0 Å². The monoisotopic (exact) mass is 455 g/mol. The molecule has 3 rings (SSSR count). The first-order valence-corrected chi connectivity index (χ1v) is 12.0. The number of nitrogens with one attached hydrogen (secondary N) is 1. The van der Waals surface area contributed by atoms with Crippen molar-refractivity contribution in [3.05, 3.63) is 52.9 Å². The van der Waals surface area contributed by atoms with Crippen LogP contribution in [0.25, 0.3) is 0 Å². The molecule has 0 aliphatic carbocycles. The Morgan fingerprint density at radius 3 is 2.40 bits per heavy atom. The van der Waals surface area contributed by atoms with Crippen molar-refractivity contribution in [2.24, 2.45) is 5.73 Å². The fourth-order valence-electron chi connectivity index (χ4n) is 3.30. The fraction of sp³-hybridized carbons (Fsp3) is 0.333. The van der Waals surface area contributed by atoms with Gasteiger partial charge in [0.2, 0.25) is 15.9 Å². The van der Waals surface area contributed by atoms with Crippen molar-refractivity contribution in [2.45, 2.75) is 29.5 Å². The Balaban J connectivity index is 1.93. The van der Waals surface area contributed by atoms with E-state index in [-0.39, 0.29) is 28.5 Å². The van der Waals surface area contributed by atoms with Crippen molar-refractivity contribution in [1.29, 1.82) is 0 Å². The first-order chi connectivity index (χ1) is 13.9. The minimum absolute atomic E-state index is 0.151. The summed E-state index contributed by atoms with van der Waals surface area (Å²) in [7, 11) is -7.95. The Kier molecular flexibility index (Phi) is 5.52. The van der Waals surface area contributed by atoms with E-state index in [2.05, 4.69) is 4.98 Å². The Morgan fingerprint density at radius 2 is 1.83 bits per heavy atom. The smallest absolute Gasteiger partial charge is 0.251 e. The molecule has 1 aromatic heterocycles. The molecule has 162 valence electrons. The van der Waals surface area contributed by atoms with Crippen LogP contribution in [0.1, 0.15) is 13.8 Å². The number of sulfone groups is 1. The highest BCUT2D eigenvalue weighted by Crippen LogP contribution is 2.34. The van der Waals surface area contributed by atoms with Crippen molar-refractivity contribution in [3.63, 3.8) is 0 Å². The van der Waals surface area contributed by atoms with Gasteiger partial charge in [-0.05, 0) is 44.2 Å². The molecule has 1 aromatic carbocycles. The van der Waals surface area contributed by atoms with E-state index in [9.17, 15) is 26.4 Å². The highest BCUT2D eigenvalue weighted by Gasteiger charge is 2.54. The molecule has 1 atom stereocenters. The summed E-state index contributed by atoms with van der Waals surface area (Å²) in [6.07, 6.45) is 1.41. The Morgan fingerprint density at radius 1 is 1.20 bits per heavy atom. The summed E-state index contributed by atoms with van der Waals surface area (Å²) in [6, 6.07) is 6.53. The highest BCUT2D eigenvalue weighted by molar-refractivity contribution is 7.93. The van der Waals surface area contributed by atoms with E-state index in [1.165, 1.54) is 56.4 Å². The number of primary amides is 1. The number of pyridine rings is 1. The topological polar surface area (TPSA) is 157 Å². The molecule has 1 saturated heterocycles. The second-order valence-corrected chi connectivity index (χ2v) is 11.9. The molecule has 1 amide bonds. The predicted octanol–water partition coefficient (Wildman–Crippen LogP) is 0.219. The van der Waals surface area contributed by atoms with Gasteiger partial charge in [-0.1, -0.05) is 0 Å². The van der Waals surface area contributed by atoms with E-state index in [1.54, 1.807) is 0 Å². The van der Waals surface area contributed by atoms with Gasteiger partial charge in [-0.25, -0.2) is 16.8 Å². The Bertz CT molecular complexity index is 1230. The van der Waals surface area contributed by atoms with Gasteiger partial charge in [-0.15, -0.1) is 0 Å². The third-order valence-corrected chi connectivity index (χ3v) is 9.44. The molecule has 3 N–H and O–H groups in total. The van der Waals surface area contributed by atoms with Crippen molar-refractivity contribution < 1.29 is 26.4 Å². The average Bonchev–Trinajstić information content (AvgIpc) is 2.63. The molecule has 2 aromatic rings. The van der Waals surface area contributed by atoms with Gasteiger partial charge in [0.1, 0.15) is 17.5 Å². The van der Waals surface area contributed by atoms with E-state index in [0.29, 0.717) is 0 Å². The largest absolute Gasteiger partial charge is 0.457 e. The van der Waals surface area contributed by atoms with Crippen LogP contribution in [0.2, 0.25) is 0 Å². The fourth-order valence-corrected chi connectivity index (χ4v) is 6.76. The van der Waals surface area contributed by atoms with Gasteiger partial charge < -0.3 is 15.5 Å². The van der Waals surface area contributed by atoms with Crippen LogP contribution in [0.15, 0.2) is 52.3 Å². The summed E-state index contributed by atoms with van der Waals surface area (Å²) >= 11 is 0. The number of hydrogen-bond acceptors (Lipinski definition) is 7. The third kappa shape index (κ3) is 3.85. The zero-order valence-corrected chi connectivity index (χ0v) is 17.9. The van der Waals surface area contributed by atoms with Crippen molar-refractivity contribution in [1.82, 2.24) is 9.29 Å². The molecule has 0 bridgehead atoms. The molecule has 12 heteroatoms. The molecule has 10 nitrogen and oxygen atoms in total. The first kappa shape index (κ1) is 22.0. The molecule has 0 saturated carbocycles. The molecule has 1 aliphatic heterocycles. The van der Waals surface area contributed by atoms with E-state index in [0.717, 1.165) is 4.31 Å².